The van der Waals surface area contributed by atoms with Crippen LogP contribution in [0.5, 0.6) is 0 Å². The lowest BCUT2D eigenvalue weighted by Gasteiger charge is -2.28. The Hall–Kier alpha value is -3.26. The summed E-state index contributed by atoms with van der Waals surface area (Å²) in [7, 11) is -3.37. The average Bonchev–Trinajstić information content (AvgIpc) is 3.08. The van der Waals surface area contributed by atoms with Crippen molar-refractivity contribution in [1.82, 2.24) is 18.9 Å². The summed E-state index contributed by atoms with van der Waals surface area (Å²) < 4.78 is 25.7. The van der Waals surface area contributed by atoms with Gasteiger partial charge in [0.25, 0.3) is 0 Å². The van der Waals surface area contributed by atoms with E-state index in [9.17, 15) is 8.42 Å². The molecule has 0 atom stereocenters. The topological polar surface area (TPSA) is 81.0 Å². The Morgan fingerprint density at radius 2 is 1.89 bits per heavy atom. The zero-order chi connectivity index (χ0) is 19.3. The highest BCUT2D eigenvalue weighted by molar-refractivity contribution is 7.89. The molecule has 4 heterocycles. The van der Waals surface area contributed by atoms with Crippen LogP contribution < -0.4 is 4.90 Å². The summed E-state index contributed by atoms with van der Waals surface area (Å²) in [5, 5.41) is 0.939. The third-order valence-electron chi connectivity index (χ3n) is 4.97. The zero-order valence-electron chi connectivity index (χ0n) is 15.1. The molecule has 0 aliphatic carbocycles. The minimum atomic E-state index is -3.37. The number of pyridine rings is 1. The Morgan fingerprint density at radius 3 is 2.75 bits per heavy atom. The van der Waals surface area contributed by atoms with Gasteiger partial charge < -0.3 is 4.90 Å². The molecule has 0 unspecified atom stereocenters. The first kappa shape index (κ1) is 16.9. The highest BCUT2D eigenvalue weighted by Gasteiger charge is 2.24. The van der Waals surface area contributed by atoms with Crippen LogP contribution in [0.3, 0.4) is 0 Å². The van der Waals surface area contributed by atoms with Crippen LogP contribution in [-0.4, -0.2) is 40.1 Å². The molecule has 2 bridgehead atoms. The van der Waals surface area contributed by atoms with Gasteiger partial charge in [-0.15, -0.1) is 0 Å². The van der Waals surface area contributed by atoms with Crippen molar-refractivity contribution in [3.05, 3.63) is 66.7 Å². The fourth-order valence-electron chi connectivity index (χ4n) is 3.71. The molecular formula is C20H17N5O2S. The second-order valence-electron chi connectivity index (χ2n) is 6.77. The lowest BCUT2D eigenvalue weighted by atomic mass is 10.1. The van der Waals surface area contributed by atoms with Gasteiger partial charge in [0.1, 0.15) is 18.0 Å². The van der Waals surface area contributed by atoms with E-state index in [1.54, 1.807) is 18.7 Å². The molecule has 5 rings (SSSR count). The van der Waals surface area contributed by atoms with Crippen LogP contribution >= 0.6 is 0 Å². The Kier molecular flexibility index (Phi) is 3.70. The number of hydrogen-bond acceptors (Lipinski definition) is 6. The highest BCUT2D eigenvalue weighted by Crippen LogP contribution is 2.37. The molecule has 28 heavy (non-hydrogen) atoms. The standard InChI is InChI=1S/C20H17N5O2S/c1-28(26,27)25-12-14(15-5-2-3-7-18(15)25)8-10-24-19-11-17(22-13-23-19)16-6-4-9-21-20(16)24/h2-7,9,11-13H,8,10H2,1H3. The molecule has 0 saturated heterocycles. The summed E-state index contributed by atoms with van der Waals surface area (Å²) in [5.74, 6) is 1.62. The zero-order valence-corrected chi connectivity index (χ0v) is 16.0. The molecule has 0 fully saturated rings. The molecule has 1 aromatic carbocycles. The van der Waals surface area contributed by atoms with Crippen molar-refractivity contribution < 1.29 is 8.42 Å². The van der Waals surface area contributed by atoms with Crippen LogP contribution in [-0.2, 0) is 16.4 Å². The Morgan fingerprint density at radius 1 is 1.04 bits per heavy atom. The Labute approximate surface area is 162 Å². The van der Waals surface area contributed by atoms with Gasteiger partial charge in [0.05, 0.1) is 17.5 Å². The number of para-hydroxylation sites is 1. The molecule has 7 nitrogen and oxygen atoms in total. The maximum Gasteiger partial charge on any atom is 0.236 e. The van der Waals surface area contributed by atoms with Gasteiger partial charge in [0.2, 0.25) is 10.0 Å². The van der Waals surface area contributed by atoms with Gasteiger partial charge in [-0.2, -0.15) is 0 Å². The van der Waals surface area contributed by atoms with Crippen LogP contribution in [0.15, 0.2) is 61.2 Å². The fraction of sp³-hybridized carbons (Fsp3) is 0.150. The van der Waals surface area contributed by atoms with Crippen molar-refractivity contribution in [2.75, 3.05) is 17.7 Å². The predicted molar refractivity (Wildman–Crippen MR) is 108 cm³/mol. The van der Waals surface area contributed by atoms with Gasteiger partial charge >= 0.3 is 0 Å². The minimum Gasteiger partial charge on any atom is -0.310 e. The molecule has 0 radical (unpaired) electrons. The molecule has 0 N–H and O–H groups in total. The number of rotatable bonds is 4. The van der Waals surface area contributed by atoms with Gasteiger partial charge in [0.15, 0.2) is 0 Å². The lowest BCUT2D eigenvalue weighted by Crippen LogP contribution is -2.25. The number of anilines is 2. The van der Waals surface area contributed by atoms with E-state index in [0.29, 0.717) is 18.5 Å². The van der Waals surface area contributed by atoms with Crippen molar-refractivity contribution in [2.24, 2.45) is 0 Å². The van der Waals surface area contributed by atoms with Crippen molar-refractivity contribution in [2.45, 2.75) is 6.42 Å². The SMILES string of the molecule is CS(=O)(=O)n1cc(CCN2c3cc(ncn3)-c3cccnc32)c2ccccc21. The van der Waals surface area contributed by atoms with Crippen molar-refractivity contribution in [3.63, 3.8) is 0 Å². The lowest BCUT2D eigenvalue weighted by molar-refractivity contribution is 0.595. The number of fused-ring (bicyclic) bond motifs is 5. The van der Waals surface area contributed by atoms with Gasteiger partial charge in [-0.1, -0.05) is 18.2 Å². The van der Waals surface area contributed by atoms with Gasteiger partial charge in [0, 0.05) is 36.0 Å². The monoisotopic (exact) mass is 391 g/mol. The molecule has 0 amide bonds. The van der Waals surface area contributed by atoms with E-state index in [-0.39, 0.29) is 0 Å². The second-order valence-corrected chi connectivity index (χ2v) is 8.63. The molecule has 8 heteroatoms. The Balaban J connectivity index is 1.54. The normalized spacial score (nSPS) is 13.0. The smallest absolute Gasteiger partial charge is 0.236 e. The number of nitrogens with zero attached hydrogens (tertiary/aromatic N) is 5. The van der Waals surface area contributed by atoms with E-state index in [4.69, 9.17) is 0 Å². The first-order valence-electron chi connectivity index (χ1n) is 8.87. The summed E-state index contributed by atoms with van der Waals surface area (Å²) in [6, 6.07) is 13.4. The van der Waals surface area contributed by atoms with E-state index in [1.165, 1.54) is 10.2 Å². The molecule has 0 spiro atoms. The minimum absolute atomic E-state index is 0.623. The Bertz CT molecular complexity index is 1310. The first-order valence-corrected chi connectivity index (χ1v) is 10.7. The molecule has 1 aliphatic heterocycles. The molecule has 140 valence electrons. The van der Waals surface area contributed by atoms with E-state index in [0.717, 1.165) is 33.8 Å². The third-order valence-corrected chi connectivity index (χ3v) is 5.99. The summed E-state index contributed by atoms with van der Waals surface area (Å²) in [6.45, 7) is 0.623. The second kappa shape index (κ2) is 6.13. The van der Waals surface area contributed by atoms with Crippen LogP contribution in [0, 0.1) is 0 Å². The van der Waals surface area contributed by atoms with Crippen LogP contribution in [0.4, 0.5) is 11.6 Å². The summed E-state index contributed by atoms with van der Waals surface area (Å²) in [6.07, 6.45) is 6.90. The van der Waals surface area contributed by atoms with Gasteiger partial charge in [-0.3, -0.25) is 0 Å². The van der Waals surface area contributed by atoms with E-state index >= 15 is 0 Å². The first-order chi connectivity index (χ1) is 13.5. The average molecular weight is 391 g/mol. The van der Waals surface area contributed by atoms with Crippen LogP contribution in [0.1, 0.15) is 5.56 Å². The van der Waals surface area contributed by atoms with Gasteiger partial charge in [-0.25, -0.2) is 27.3 Å². The maximum absolute atomic E-state index is 12.2. The molecular weight excluding hydrogens is 374 g/mol. The predicted octanol–water partition coefficient (Wildman–Crippen LogP) is 3.00. The van der Waals surface area contributed by atoms with E-state index in [2.05, 4.69) is 19.9 Å². The molecule has 4 aromatic rings. The van der Waals surface area contributed by atoms with Crippen molar-refractivity contribution >= 4 is 32.6 Å². The van der Waals surface area contributed by atoms with Crippen molar-refractivity contribution in [3.8, 4) is 11.3 Å². The maximum atomic E-state index is 12.2. The number of aromatic nitrogens is 4. The molecule has 1 aliphatic rings. The van der Waals surface area contributed by atoms with Crippen molar-refractivity contribution in [1.29, 1.82) is 0 Å². The fourth-order valence-corrected chi connectivity index (χ4v) is 4.54. The van der Waals surface area contributed by atoms with E-state index < -0.39 is 10.0 Å². The highest BCUT2D eigenvalue weighted by atomic mass is 32.2. The molecule has 3 aromatic heterocycles. The van der Waals surface area contributed by atoms with Gasteiger partial charge in [-0.05, 0) is 30.2 Å². The van der Waals surface area contributed by atoms with Crippen LogP contribution in [0.25, 0.3) is 22.2 Å². The largest absolute Gasteiger partial charge is 0.310 e. The summed E-state index contributed by atoms with van der Waals surface area (Å²) >= 11 is 0. The third kappa shape index (κ3) is 2.65. The quantitative estimate of drug-likeness (QED) is 0.532. The number of benzene rings is 1. The van der Waals surface area contributed by atoms with E-state index in [1.807, 2.05) is 42.5 Å². The van der Waals surface area contributed by atoms with Crippen LogP contribution in [0.2, 0.25) is 0 Å². The summed E-state index contributed by atoms with van der Waals surface area (Å²) in [4.78, 5) is 15.3. The molecule has 0 saturated carbocycles. The summed E-state index contributed by atoms with van der Waals surface area (Å²) in [5.41, 5.74) is 3.49. The number of hydrogen-bond donors (Lipinski definition) is 0.